The second-order valence-electron chi connectivity index (χ2n) is 16.6. The second kappa shape index (κ2) is 14.9. The van der Waals surface area contributed by atoms with E-state index in [-0.39, 0.29) is 0 Å². The molecule has 0 bridgehead atoms. The first-order valence-corrected chi connectivity index (χ1v) is 22.1. The van der Waals surface area contributed by atoms with E-state index in [1.165, 1.54) is 26.9 Å². The summed E-state index contributed by atoms with van der Waals surface area (Å²) in [4.78, 5) is 4.74. The first-order chi connectivity index (χ1) is 32.2. The lowest BCUT2D eigenvalue weighted by Crippen LogP contribution is -2.10. The molecule has 13 rings (SSSR count). The number of anilines is 6. The third-order valence-electron chi connectivity index (χ3n) is 12.8. The average Bonchev–Trinajstić information content (AvgIpc) is 4.02. The highest BCUT2D eigenvalue weighted by Crippen LogP contribution is 2.47. The molecule has 0 aliphatic heterocycles. The fraction of sp³-hybridized carbons (Fsp3) is 0. The van der Waals surface area contributed by atoms with Crippen molar-refractivity contribution < 1.29 is 4.42 Å². The highest BCUT2D eigenvalue weighted by Gasteiger charge is 2.25. The first-order valence-electron chi connectivity index (χ1n) is 22.1. The molecule has 0 saturated heterocycles. The van der Waals surface area contributed by atoms with E-state index >= 15 is 0 Å². The molecule has 0 unspecified atom stereocenters. The molecule has 0 fully saturated rings. The van der Waals surface area contributed by atoms with Crippen molar-refractivity contribution in [1.82, 2.24) is 9.13 Å². The third kappa shape index (κ3) is 6.01. The van der Waals surface area contributed by atoms with Crippen molar-refractivity contribution in [3.05, 3.63) is 243 Å². The van der Waals surface area contributed by atoms with Crippen molar-refractivity contribution >= 4 is 99.7 Å². The van der Waals surface area contributed by atoms with Crippen molar-refractivity contribution in [1.29, 1.82) is 0 Å². The molecule has 0 spiro atoms. The Labute approximate surface area is 375 Å². The van der Waals surface area contributed by atoms with E-state index in [0.29, 0.717) is 0 Å². The van der Waals surface area contributed by atoms with Gasteiger partial charge in [-0.25, -0.2) is 0 Å². The lowest BCUT2D eigenvalue weighted by atomic mass is 10.1. The average molecular weight is 833 g/mol. The molecule has 0 amide bonds. The highest BCUT2D eigenvalue weighted by molar-refractivity contribution is 6.23. The summed E-state index contributed by atoms with van der Waals surface area (Å²) in [6.07, 6.45) is 0. The van der Waals surface area contributed by atoms with Gasteiger partial charge in [-0.15, -0.1) is 0 Å². The lowest BCUT2D eigenvalue weighted by Gasteiger charge is -2.26. The molecule has 13 aromatic rings. The Hall–Kier alpha value is -8.80. The van der Waals surface area contributed by atoms with Crippen LogP contribution in [0.3, 0.4) is 0 Å². The number of hydrogen-bond acceptors (Lipinski definition) is 3. The van der Waals surface area contributed by atoms with Crippen LogP contribution < -0.4 is 9.80 Å². The van der Waals surface area contributed by atoms with E-state index < -0.39 is 0 Å². The van der Waals surface area contributed by atoms with Crippen molar-refractivity contribution in [2.75, 3.05) is 9.80 Å². The zero-order valence-electron chi connectivity index (χ0n) is 35.3. The van der Waals surface area contributed by atoms with Gasteiger partial charge in [-0.1, -0.05) is 127 Å². The predicted octanol–water partition coefficient (Wildman–Crippen LogP) is 16.7. The van der Waals surface area contributed by atoms with Gasteiger partial charge in [0.1, 0.15) is 16.8 Å². The molecule has 0 atom stereocenters. The number of rotatable bonds is 8. The summed E-state index contributed by atoms with van der Waals surface area (Å²) in [5.41, 5.74) is 13.8. The summed E-state index contributed by atoms with van der Waals surface area (Å²) < 4.78 is 11.2. The van der Waals surface area contributed by atoms with Crippen LogP contribution >= 0.6 is 0 Å². The Morgan fingerprint density at radius 3 is 1.48 bits per heavy atom. The standard InChI is InChI=1S/C60H40N4O/c1-5-19-43(20-6-1)61(47-30-29-41-17-13-14-18-42(41)37-47)48-32-35-55-54(39-48)59-52-34-31-50(40-56(52)64(46-25-11-4-12-26-46)60(59)63(55)45-23-9-3-10-24-45)62(44-21-7-2-8-22-44)49-33-36-58-53(38-49)51-27-15-16-28-57(51)65-58/h1-40H. The Morgan fingerprint density at radius 2 is 0.785 bits per heavy atom. The summed E-state index contributed by atoms with van der Waals surface area (Å²) in [5, 5.41) is 8.15. The number of fused-ring (bicyclic) bond motifs is 9. The van der Waals surface area contributed by atoms with Crippen molar-refractivity contribution in [3.8, 4) is 11.4 Å². The minimum Gasteiger partial charge on any atom is -0.456 e. The molecule has 3 aromatic heterocycles. The fourth-order valence-corrected chi connectivity index (χ4v) is 9.95. The first kappa shape index (κ1) is 36.8. The maximum atomic E-state index is 6.29. The molecular formula is C60H40N4O. The number of para-hydroxylation sites is 5. The topological polar surface area (TPSA) is 29.5 Å². The zero-order chi connectivity index (χ0) is 42.8. The van der Waals surface area contributed by atoms with E-state index in [2.05, 4.69) is 249 Å². The van der Waals surface area contributed by atoms with Crippen molar-refractivity contribution in [3.63, 3.8) is 0 Å². The molecule has 0 saturated carbocycles. The number of benzene rings is 10. The molecule has 0 N–H and O–H groups in total. The molecule has 65 heavy (non-hydrogen) atoms. The van der Waals surface area contributed by atoms with E-state index in [1.807, 2.05) is 12.1 Å². The third-order valence-corrected chi connectivity index (χ3v) is 12.8. The van der Waals surface area contributed by atoms with Gasteiger partial charge in [0.05, 0.1) is 11.0 Å². The molecule has 0 aliphatic carbocycles. The van der Waals surface area contributed by atoms with Crippen LogP contribution in [0.5, 0.6) is 0 Å². The molecule has 10 aromatic carbocycles. The Balaban J connectivity index is 1.10. The number of aromatic nitrogens is 2. The predicted molar refractivity (Wildman–Crippen MR) is 272 cm³/mol. The smallest absolute Gasteiger partial charge is 0.135 e. The number of furan rings is 1. The highest BCUT2D eigenvalue weighted by atomic mass is 16.3. The Morgan fingerprint density at radius 1 is 0.292 bits per heavy atom. The quantitative estimate of drug-likeness (QED) is 0.153. The summed E-state index contributed by atoms with van der Waals surface area (Å²) in [6, 6.07) is 87.0. The molecule has 5 nitrogen and oxygen atoms in total. The van der Waals surface area contributed by atoms with Crippen molar-refractivity contribution in [2.45, 2.75) is 0 Å². The minimum absolute atomic E-state index is 0.873. The molecule has 3 heterocycles. The minimum atomic E-state index is 0.873. The maximum Gasteiger partial charge on any atom is 0.135 e. The fourth-order valence-electron chi connectivity index (χ4n) is 9.95. The van der Waals surface area contributed by atoms with E-state index in [9.17, 15) is 0 Å². The van der Waals surface area contributed by atoms with Gasteiger partial charge < -0.3 is 14.2 Å². The largest absolute Gasteiger partial charge is 0.456 e. The van der Waals surface area contributed by atoms with Gasteiger partial charge in [-0.3, -0.25) is 9.13 Å². The van der Waals surface area contributed by atoms with Gasteiger partial charge >= 0.3 is 0 Å². The van der Waals surface area contributed by atoms with E-state index in [4.69, 9.17) is 4.42 Å². The second-order valence-corrected chi connectivity index (χ2v) is 16.6. The van der Waals surface area contributed by atoms with Gasteiger partial charge in [0, 0.05) is 72.4 Å². The van der Waals surface area contributed by atoms with Crippen LogP contribution in [0.4, 0.5) is 34.1 Å². The Kier molecular flexibility index (Phi) is 8.46. The van der Waals surface area contributed by atoms with Crippen LogP contribution in [-0.2, 0) is 0 Å². The van der Waals surface area contributed by atoms with Crippen LogP contribution in [0, 0.1) is 0 Å². The van der Waals surface area contributed by atoms with Crippen LogP contribution in [-0.4, -0.2) is 9.13 Å². The van der Waals surface area contributed by atoms with Gasteiger partial charge in [0.25, 0.3) is 0 Å². The van der Waals surface area contributed by atoms with Crippen LogP contribution in [0.2, 0.25) is 0 Å². The lowest BCUT2D eigenvalue weighted by molar-refractivity contribution is 0.669. The summed E-state index contributed by atoms with van der Waals surface area (Å²) >= 11 is 0. The van der Waals surface area contributed by atoms with E-state index in [0.717, 1.165) is 84.1 Å². The monoisotopic (exact) mass is 832 g/mol. The maximum absolute atomic E-state index is 6.29. The number of hydrogen-bond donors (Lipinski definition) is 0. The van der Waals surface area contributed by atoms with Gasteiger partial charge in [-0.2, -0.15) is 0 Å². The van der Waals surface area contributed by atoms with Gasteiger partial charge in [0.2, 0.25) is 0 Å². The number of nitrogens with zero attached hydrogens (tertiary/aromatic N) is 4. The van der Waals surface area contributed by atoms with Gasteiger partial charge in [-0.05, 0) is 126 Å². The summed E-state index contributed by atoms with van der Waals surface area (Å²) in [7, 11) is 0. The molecule has 5 heteroatoms. The Bertz CT molecular complexity index is 3890. The summed E-state index contributed by atoms with van der Waals surface area (Å²) in [5.74, 6) is 0. The summed E-state index contributed by atoms with van der Waals surface area (Å²) in [6.45, 7) is 0. The van der Waals surface area contributed by atoms with Crippen molar-refractivity contribution in [2.24, 2.45) is 0 Å². The van der Waals surface area contributed by atoms with Crippen LogP contribution in [0.1, 0.15) is 0 Å². The van der Waals surface area contributed by atoms with E-state index in [1.54, 1.807) is 0 Å². The molecule has 0 radical (unpaired) electrons. The molecular weight excluding hydrogens is 793 g/mol. The van der Waals surface area contributed by atoms with Crippen LogP contribution in [0.15, 0.2) is 247 Å². The molecule has 0 aliphatic rings. The van der Waals surface area contributed by atoms with Crippen LogP contribution in [0.25, 0.3) is 76.9 Å². The SMILES string of the molecule is c1ccc(N(c2ccc3ccccc3c2)c2ccc3c(c2)c2c4ccc(N(c5ccccc5)c5ccc6oc7ccccc7c6c5)cc4n(-c4ccccc4)c2n3-c2ccccc2)cc1. The normalized spacial score (nSPS) is 11.7. The van der Waals surface area contributed by atoms with Gasteiger partial charge in [0.15, 0.2) is 0 Å². The molecule has 306 valence electrons. The zero-order valence-corrected chi connectivity index (χ0v) is 35.3.